The molecule has 3 aromatic carbocycles. The van der Waals surface area contributed by atoms with Gasteiger partial charge in [0, 0.05) is 0 Å². The molecule has 0 spiro atoms. The topological polar surface area (TPSA) is 116 Å². The number of aromatic nitrogens is 2. The van der Waals surface area contributed by atoms with Gasteiger partial charge in [0.2, 0.25) is 5.91 Å². The van der Waals surface area contributed by atoms with E-state index in [2.05, 4.69) is 10.3 Å². The first-order chi connectivity index (χ1) is 16.9. The van der Waals surface area contributed by atoms with Gasteiger partial charge < -0.3 is 10.1 Å². The molecular formula is C25H22N4O5S. The molecule has 0 fully saturated rings. The molecule has 0 aliphatic rings. The van der Waals surface area contributed by atoms with Crippen molar-refractivity contribution in [1.29, 1.82) is 0 Å². The van der Waals surface area contributed by atoms with Crippen LogP contribution < -0.4 is 15.6 Å². The summed E-state index contributed by atoms with van der Waals surface area (Å²) < 4.78 is 6.57. The number of hydrogen-bond acceptors (Lipinski definition) is 7. The van der Waals surface area contributed by atoms with Gasteiger partial charge in [-0.25, -0.2) is 4.98 Å². The molecule has 0 radical (unpaired) electrons. The van der Waals surface area contributed by atoms with Crippen molar-refractivity contribution in [2.45, 2.75) is 18.6 Å². The van der Waals surface area contributed by atoms with E-state index in [1.54, 1.807) is 28.8 Å². The van der Waals surface area contributed by atoms with Crippen LogP contribution in [-0.4, -0.2) is 33.2 Å². The molecule has 0 aliphatic heterocycles. The molecule has 0 saturated carbocycles. The smallest absolute Gasteiger partial charge is 0.296 e. The predicted octanol–water partition coefficient (Wildman–Crippen LogP) is 4.40. The van der Waals surface area contributed by atoms with E-state index in [9.17, 15) is 19.7 Å². The van der Waals surface area contributed by atoms with E-state index in [0.29, 0.717) is 28.4 Å². The van der Waals surface area contributed by atoms with Crippen molar-refractivity contribution < 1.29 is 14.5 Å². The SMILES string of the molecule is COc1ccc(NC(=O)CSc2nc3ccccc3c(=O)n2Cc2ccc(C)cc2)c([N+](=O)[O-])c1. The number of ether oxygens (including phenoxy) is 1. The van der Waals surface area contributed by atoms with Crippen LogP contribution in [0.2, 0.25) is 0 Å². The largest absolute Gasteiger partial charge is 0.496 e. The molecule has 4 rings (SSSR count). The summed E-state index contributed by atoms with van der Waals surface area (Å²) in [6.45, 7) is 2.28. The van der Waals surface area contributed by atoms with Gasteiger partial charge in [-0.2, -0.15) is 0 Å². The average molecular weight is 491 g/mol. The Balaban J connectivity index is 1.60. The average Bonchev–Trinajstić information content (AvgIpc) is 2.86. The van der Waals surface area contributed by atoms with Gasteiger partial charge in [-0.1, -0.05) is 53.7 Å². The Hall–Kier alpha value is -4.18. The van der Waals surface area contributed by atoms with Crippen molar-refractivity contribution in [2.24, 2.45) is 0 Å². The van der Waals surface area contributed by atoms with Crippen molar-refractivity contribution in [3.05, 3.63) is 98.3 Å². The molecule has 1 N–H and O–H groups in total. The predicted molar refractivity (Wildman–Crippen MR) is 135 cm³/mol. The minimum absolute atomic E-state index is 0.0601. The summed E-state index contributed by atoms with van der Waals surface area (Å²) in [7, 11) is 1.40. The number of para-hydroxylation sites is 1. The first kappa shape index (κ1) is 24.0. The highest BCUT2D eigenvalue weighted by molar-refractivity contribution is 7.99. The number of benzene rings is 3. The number of anilines is 1. The Morgan fingerprint density at radius 2 is 1.89 bits per heavy atom. The zero-order chi connectivity index (χ0) is 24.9. The van der Waals surface area contributed by atoms with E-state index < -0.39 is 10.8 Å². The summed E-state index contributed by atoms with van der Waals surface area (Å²) >= 11 is 1.09. The fourth-order valence-corrected chi connectivity index (χ4v) is 4.28. The van der Waals surface area contributed by atoms with Crippen LogP contribution >= 0.6 is 11.8 Å². The third-order valence-corrected chi connectivity index (χ3v) is 6.27. The zero-order valence-electron chi connectivity index (χ0n) is 19.1. The molecule has 0 aliphatic carbocycles. The monoisotopic (exact) mass is 490 g/mol. The summed E-state index contributed by atoms with van der Waals surface area (Å²) in [6.07, 6.45) is 0. The van der Waals surface area contributed by atoms with Crippen molar-refractivity contribution in [1.82, 2.24) is 9.55 Å². The molecule has 178 valence electrons. The second kappa shape index (κ2) is 10.4. The van der Waals surface area contributed by atoms with Crippen LogP contribution in [0, 0.1) is 17.0 Å². The highest BCUT2D eigenvalue weighted by Crippen LogP contribution is 2.29. The lowest BCUT2D eigenvalue weighted by Crippen LogP contribution is -2.25. The number of nitrogens with one attached hydrogen (secondary N) is 1. The van der Waals surface area contributed by atoms with Crippen LogP contribution in [-0.2, 0) is 11.3 Å². The summed E-state index contributed by atoms with van der Waals surface area (Å²) in [5, 5.41) is 14.8. The number of amides is 1. The Kier molecular flexibility index (Phi) is 7.11. The Bertz CT molecular complexity index is 1470. The number of aryl methyl sites for hydroxylation is 1. The Morgan fingerprint density at radius 3 is 2.60 bits per heavy atom. The van der Waals surface area contributed by atoms with Crippen LogP contribution in [0.5, 0.6) is 5.75 Å². The van der Waals surface area contributed by atoms with E-state index >= 15 is 0 Å². The molecule has 9 nitrogen and oxygen atoms in total. The van der Waals surface area contributed by atoms with Crippen molar-refractivity contribution in [3.63, 3.8) is 0 Å². The Morgan fingerprint density at radius 1 is 1.14 bits per heavy atom. The highest BCUT2D eigenvalue weighted by atomic mass is 32.2. The maximum Gasteiger partial charge on any atom is 0.296 e. The maximum absolute atomic E-state index is 13.3. The second-order valence-electron chi connectivity index (χ2n) is 7.77. The summed E-state index contributed by atoms with van der Waals surface area (Å²) in [5.74, 6) is -0.251. The van der Waals surface area contributed by atoms with Gasteiger partial charge in [0.15, 0.2) is 5.16 Å². The first-order valence-corrected chi connectivity index (χ1v) is 11.6. The van der Waals surface area contributed by atoms with Crippen LogP contribution in [0.3, 0.4) is 0 Å². The molecule has 10 heteroatoms. The van der Waals surface area contributed by atoms with Crippen LogP contribution in [0.1, 0.15) is 11.1 Å². The zero-order valence-corrected chi connectivity index (χ0v) is 19.9. The van der Waals surface area contributed by atoms with Gasteiger partial charge in [0.05, 0.1) is 41.3 Å². The molecule has 0 saturated heterocycles. The van der Waals surface area contributed by atoms with Crippen molar-refractivity contribution in [3.8, 4) is 5.75 Å². The fraction of sp³-hybridized carbons (Fsp3) is 0.160. The third-order valence-electron chi connectivity index (χ3n) is 5.30. The highest BCUT2D eigenvalue weighted by Gasteiger charge is 2.19. The van der Waals surface area contributed by atoms with Crippen LogP contribution in [0.15, 0.2) is 76.7 Å². The quantitative estimate of drug-likeness (QED) is 0.168. The number of hydrogen-bond donors (Lipinski definition) is 1. The number of methoxy groups -OCH3 is 1. The normalized spacial score (nSPS) is 10.8. The Labute approximate surface area is 204 Å². The maximum atomic E-state index is 13.3. The third kappa shape index (κ3) is 5.49. The lowest BCUT2D eigenvalue weighted by Gasteiger charge is -2.13. The lowest BCUT2D eigenvalue weighted by molar-refractivity contribution is -0.384. The molecule has 1 heterocycles. The molecular weight excluding hydrogens is 468 g/mol. The van der Waals surface area contributed by atoms with E-state index in [4.69, 9.17) is 4.74 Å². The van der Waals surface area contributed by atoms with Gasteiger partial charge in [0.1, 0.15) is 11.4 Å². The van der Waals surface area contributed by atoms with E-state index in [-0.39, 0.29) is 22.7 Å². The minimum atomic E-state index is -0.588. The number of carbonyl (C=O) groups is 1. The van der Waals surface area contributed by atoms with Gasteiger partial charge in [-0.15, -0.1) is 0 Å². The van der Waals surface area contributed by atoms with Gasteiger partial charge >= 0.3 is 0 Å². The summed E-state index contributed by atoms with van der Waals surface area (Å²) in [6, 6.07) is 19.1. The summed E-state index contributed by atoms with van der Waals surface area (Å²) in [4.78, 5) is 41.4. The summed E-state index contributed by atoms with van der Waals surface area (Å²) in [5.41, 5.74) is 2.15. The van der Waals surface area contributed by atoms with E-state index in [1.807, 2.05) is 31.2 Å². The number of carbonyl (C=O) groups excluding carboxylic acids is 1. The molecule has 35 heavy (non-hydrogen) atoms. The van der Waals surface area contributed by atoms with Crippen LogP contribution in [0.4, 0.5) is 11.4 Å². The van der Waals surface area contributed by atoms with Crippen LogP contribution in [0.25, 0.3) is 10.9 Å². The number of nitrogens with zero attached hydrogens (tertiary/aromatic N) is 3. The number of rotatable bonds is 8. The van der Waals surface area contributed by atoms with E-state index in [1.165, 1.54) is 25.3 Å². The number of nitro groups is 1. The molecule has 1 amide bonds. The van der Waals surface area contributed by atoms with Crippen molar-refractivity contribution in [2.75, 3.05) is 18.2 Å². The standard InChI is InChI=1S/C25H22N4O5S/c1-16-7-9-17(10-8-16)14-28-24(31)19-5-3-4-6-20(19)27-25(28)35-15-23(30)26-21-12-11-18(34-2)13-22(21)29(32)33/h3-13H,14-15H2,1-2H3,(H,26,30). The fourth-order valence-electron chi connectivity index (χ4n) is 3.48. The lowest BCUT2D eigenvalue weighted by atomic mass is 10.1. The van der Waals surface area contributed by atoms with Gasteiger partial charge in [0.25, 0.3) is 11.2 Å². The minimum Gasteiger partial charge on any atom is -0.496 e. The molecule has 0 unspecified atom stereocenters. The molecule has 1 aromatic heterocycles. The second-order valence-corrected chi connectivity index (χ2v) is 8.71. The number of thioether (sulfide) groups is 1. The molecule has 4 aromatic rings. The van der Waals surface area contributed by atoms with Crippen molar-refractivity contribution >= 4 is 39.9 Å². The first-order valence-electron chi connectivity index (χ1n) is 10.7. The number of fused-ring (bicyclic) bond motifs is 1. The number of nitro benzene ring substituents is 1. The molecule has 0 atom stereocenters. The van der Waals surface area contributed by atoms with E-state index in [0.717, 1.165) is 22.9 Å². The molecule has 0 bridgehead atoms. The van der Waals surface area contributed by atoms with Gasteiger partial charge in [-0.05, 0) is 36.8 Å². The van der Waals surface area contributed by atoms with Gasteiger partial charge in [-0.3, -0.25) is 24.3 Å².